The SMILES string of the molecule is N[C@@H]1CCC(CCCCCCC(=O)NO)C[C@H]1N.O=C([O-])C1(C(=O)[O-])CCC1.[Pt+2]. The first-order valence-electron chi connectivity index (χ1n) is 10.1. The molecule has 2 saturated carbocycles. The number of carbonyl (C=O) groups is 3. The molecule has 29 heavy (non-hydrogen) atoms. The van der Waals surface area contributed by atoms with Gasteiger partial charge in [-0.25, -0.2) is 5.48 Å². The van der Waals surface area contributed by atoms with Gasteiger partial charge in [-0.2, -0.15) is 0 Å². The molecule has 170 valence electrons. The second kappa shape index (κ2) is 14.1. The number of rotatable bonds is 9. The maximum Gasteiger partial charge on any atom is 2.00 e. The average Bonchev–Trinajstić information content (AvgIpc) is 2.59. The molecule has 9 nitrogen and oxygen atoms in total. The minimum Gasteiger partial charge on any atom is -0.549 e. The number of carbonyl (C=O) groups excluding carboxylic acids is 3. The van der Waals surface area contributed by atoms with Crippen molar-refractivity contribution in [3.05, 3.63) is 0 Å². The van der Waals surface area contributed by atoms with Crippen LogP contribution in [0.5, 0.6) is 0 Å². The van der Waals surface area contributed by atoms with E-state index in [1.54, 1.807) is 5.48 Å². The molecule has 2 aliphatic rings. The van der Waals surface area contributed by atoms with E-state index >= 15 is 0 Å². The number of hydrogen-bond donors (Lipinski definition) is 4. The van der Waals surface area contributed by atoms with Crippen LogP contribution in [0.4, 0.5) is 0 Å². The van der Waals surface area contributed by atoms with Crippen LogP contribution in [-0.2, 0) is 35.4 Å². The van der Waals surface area contributed by atoms with Gasteiger partial charge in [0.2, 0.25) is 5.91 Å². The van der Waals surface area contributed by atoms with E-state index in [0.29, 0.717) is 12.8 Å². The van der Waals surface area contributed by atoms with Gasteiger partial charge < -0.3 is 31.3 Å². The van der Waals surface area contributed by atoms with Gasteiger partial charge in [-0.1, -0.05) is 32.1 Å². The first-order chi connectivity index (χ1) is 13.2. The Morgan fingerprint density at radius 1 is 0.966 bits per heavy atom. The summed E-state index contributed by atoms with van der Waals surface area (Å²) in [4.78, 5) is 31.2. The molecular formula is C19H33N3O6Pt. The van der Waals surface area contributed by atoms with E-state index in [-0.39, 0.29) is 51.9 Å². The van der Waals surface area contributed by atoms with Crippen molar-refractivity contribution in [1.82, 2.24) is 5.48 Å². The summed E-state index contributed by atoms with van der Waals surface area (Å²) in [5.74, 6) is -2.58. The Morgan fingerprint density at radius 2 is 1.55 bits per heavy atom. The number of carboxylic acids is 2. The van der Waals surface area contributed by atoms with Crippen molar-refractivity contribution < 1.29 is 50.9 Å². The van der Waals surface area contributed by atoms with Crippen LogP contribution in [0.1, 0.15) is 77.0 Å². The van der Waals surface area contributed by atoms with Gasteiger partial charge in [0.15, 0.2) is 0 Å². The molecule has 1 unspecified atom stereocenters. The van der Waals surface area contributed by atoms with Gasteiger partial charge in [0, 0.05) is 23.9 Å². The van der Waals surface area contributed by atoms with Crippen LogP contribution < -0.4 is 27.2 Å². The minimum atomic E-state index is -1.67. The third kappa shape index (κ3) is 9.11. The Labute approximate surface area is 186 Å². The minimum absolute atomic E-state index is 0. The summed E-state index contributed by atoms with van der Waals surface area (Å²) < 4.78 is 0. The molecule has 2 aliphatic carbocycles. The molecule has 0 aromatic carbocycles. The molecule has 2 fully saturated rings. The van der Waals surface area contributed by atoms with E-state index < -0.39 is 17.4 Å². The van der Waals surface area contributed by atoms with Crippen molar-refractivity contribution in [2.24, 2.45) is 22.8 Å². The molecule has 0 spiro atoms. The van der Waals surface area contributed by atoms with E-state index in [2.05, 4.69) is 0 Å². The van der Waals surface area contributed by atoms with Crippen LogP contribution >= 0.6 is 0 Å². The normalized spacial score (nSPS) is 24.7. The maximum absolute atomic E-state index is 10.8. The van der Waals surface area contributed by atoms with E-state index in [1.165, 1.54) is 19.3 Å². The third-order valence-corrected chi connectivity index (χ3v) is 5.94. The Hall–Kier alpha value is -1.02. The molecule has 0 aromatic rings. The predicted octanol–water partition coefficient (Wildman–Crippen LogP) is -1.06. The van der Waals surface area contributed by atoms with Gasteiger partial charge in [0.1, 0.15) is 0 Å². The topological polar surface area (TPSA) is 182 Å². The predicted molar refractivity (Wildman–Crippen MR) is 97.2 cm³/mol. The molecule has 0 aliphatic heterocycles. The largest absolute Gasteiger partial charge is 2.00 e. The van der Waals surface area contributed by atoms with Gasteiger partial charge in [-0.15, -0.1) is 0 Å². The number of nitrogens with two attached hydrogens (primary N) is 2. The number of aliphatic carboxylic acids is 2. The maximum atomic E-state index is 10.8. The standard InChI is InChI=1S/C13H27N3O2.C6H8O4.Pt/c14-11-8-7-10(9-12(11)15)5-3-1-2-4-6-13(17)16-18;7-4(8)6(5(9)10)2-1-3-6;/h10-12,18H,1-9,14-15H2,(H,16,17);1-3H2,(H,7,8)(H,9,10);/q;;+2/p-2/t10?,11-,12-;;/m1../s1. The van der Waals surface area contributed by atoms with Crippen molar-refractivity contribution in [1.29, 1.82) is 0 Å². The number of hydroxylamine groups is 1. The van der Waals surface area contributed by atoms with E-state index in [1.807, 2.05) is 0 Å². The molecule has 0 aromatic heterocycles. The summed E-state index contributed by atoms with van der Waals surface area (Å²) in [7, 11) is 0. The van der Waals surface area contributed by atoms with E-state index in [0.717, 1.165) is 38.0 Å². The summed E-state index contributed by atoms with van der Waals surface area (Å²) >= 11 is 0. The van der Waals surface area contributed by atoms with Crippen LogP contribution in [0.3, 0.4) is 0 Å². The fourth-order valence-electron chi connectivity index (χ4n) is 3.73. The molecule has 0 saturated heterocycles. The molecule has 2 rings (SSSR count). The van der Waals surface area contributed by atoms with Crippen LogP contribution in [0.2, 0.25) is 0 Å². The van der Waals surface area contributed by atoms with Crippen molar-refractivity contribution >= 4 is 17.8 Å². The Morgan fingerprint density at radius 3 is 1.97 bits per heavy atom. The monoisotopic (exact) mass is 594 g/mol. The zero-order valence-corrected chi connectivity index (χ0v) is 18.9. The van der Waals surface area contributed by atoms with Gasteiger partial charge in [0.25, 0.3) is 0 Å². The van der Waals surface area contributed by atoms with Gasteiger partial charge >= 0.3 is 21.1 Å². The molecule has 10 heteroatoms. The Bertz CT molecular complexity index is 514. The summed E-state index contributed by atoms with van der Waals surface area (Å²) in [6.07, 6.45) is 10.2. The quantitative estimate of drug-likeness (QED) is 0.113. The van der Waals surface area contributed by atoms with Gasteiger partial charge in [0.05, 0.1) is 11.9 Å². The van der Waals surface area contributed by atoms with Crippen molar-refractivity contribution in [2.45, 2.75) is 89.1 Å². The summed E-state index contributed by atoms with van der Waals surface area (Å²) in [6, 6.07) is 0.371. The Kier molecular flexibility index (Phi) is 13.6. The first kappa shape index (κ1) is 28.0. The molecule has 3 atom stereocenters. The van der Waals surface area contributed by atoms with Crippen molar-refractivity contribution in [3.8, 4) is 0 Å². The fraction of sp³-hybridized carbons (Fsp3) is 0.842. The molecule has 0 radical (unpaired) electrons. The smallest absolute Gasteiger partial charge is 0.549 e. The number of nitrogens with one attached hydrogen (secondary N) is 1. The van der Waals surface area contributed by atoms with E-state index in [9.17, 15) is 24.6 Å². The number of carboxylic acid groups (broad SMARTS) is 2. The van der Waals surface area contributed by atoms with Crippen LogP contribution in [0.15, 0.2) is 0 Å². The molecule has 0 heterocycles. The van der Waals surface area contributed by atoms with Crippen LogP contribution in [0, 0.1) is 11.3 Å². The zero-order chi connectivity index (χ0) is 21.2. The summed E-state index contributed by atoms with van der Waals surface area (Å²) in [6.45, 7) is 0. The van der Waals surface area contributed by atoms with Crippen molar-refractivity contribution in [3.63, 3.8) is 0 Å². The zero-order valence-electron chi connectivity index (χ0n) is 16.7. The van der Waals surface area contributed by atoms with Crippen LogP contribution in [-0.4, -0.2) is 35.1 Å². The molecule has 0 bridgehead atoms. The number of amides is 1. The van der Waals surface area contributed by atoms with Gasteiger partial charge in [-0.05, 0) is 44.4 Å². The number of unbranched alkanes of at least 4 members (excludes halogenated alkanes) is 3. The molecular weight excluding hydrogens is 561 g/mol. The first-order valence-corrected chi connectivity index (χ1v) is 10.1. The molecule has 6 N–H and O–H groups in total. The van der Waals surface area contributed by atoms with Crippen molar-refractivity contribution in [2.75, 3.05) is 0 Å². The summed E-state index contributed by atoms with van der Waals surface area (Å²) in [5, 5.41) is 28.8. The average molecular weight is 595 g/mol. The van der Waals surface area contributed by atoms with E-state index in [4.69, 9.17) is 16.7 Å². The molecule has 1 amide bonds. The van der Waals surface area contributed by atoms with Crippen LogP contribution in [0.25, 0.3) is 0 Å². The fourth-order valence-corrected chi connectivity index (χ4v) is 3.73. The second-order valence-corrected chi connectivity index (χ2v) is 8.01. The second-order valence-electron chi connectivity index (χ2n) is 8.01. The summed E-state index contributed by atoms with van der Waals surface area (Å²) in [5.41, 5.74) is 11.9. The number of hydrogen-bond acceptors (Lipinski definition) is 8. The van der Waals surface area contributed by atoms with Gasteiger partial charge in [-0.3, -0.25) is 10.0 Å². The Balaban J connectivity index is 0.000000606. The third-order valence-electron chi connectivity index (χ3n) is 5.94.